The Bertz CT molecular complexity index is 912. The summed E-state index contributed by atoms with van der Waals surface area (Å²) in [5.74, 6) is 0.273. The number of rotatable bonds is 5. The molecular weight excluding hydrogens is 340 g/mol. The first kappa shape index (κ1) is 18.5. The van der Waals surface area contributed by atoms with Crippen molar-refractivity contribution in [3.8, 4) is 5.75 Å². The number of carbonyl (C=O) groups excluding carboxylic acids is 2. The van der Waals surface area contributed by atoms with Crippen LogP contribution in [0.15, 0.2) is 61.2 Å². The van der Waals surface area contributed by atoms with Gasteiger partial charge in [0.2, 0.25) is 11.8 Å². The molecule has 0 aromatic heterocycles. The molecule has 0 saturated heterocycles. The van der Waals surface area contributed by atoms with Gasteiger partial charge < -0.3 is 15.4 Å². The number of nitrogens with one attached hydrogen (secondary N) is 2. The van der Waals surface area contributed by atoms with Crippen molar-refractivity contribution in [2.45, 2.75) is 25.9 Å². The number of hydrogen-bond acceptors (Lipinski definition) is 3. The number of ether oxygens (including phenoxy) is 1. The number of fused-ring (bicyclic) bond motifs is 1. The minimum atomic E-state index is -0.417. The maximum Gasteiger partial charge on any atom is 0.247 e. The van der Waals surface area contributed by atoms with E-state index in [-0.39, 0.29) is 18.2 Å². The summed E-state index contributed by atoms with van der Waals surface area (Å²) < 4.78 is 6.02. The fourth-order valence-corrected chi connectivity index (χ4v) is 2.77. The topological polar surface area (TPSA) is 67.4 Å². The van der Waals surface area contributed by atoms with Crippen LogP contribution in [-0.2, 0) is 16.0 Å². The minimum absolute atomic E-state index is 0.137. The summed E-state index contributed by atoms with van der Waals surface area (Å²) in [6, 6.07) is 12.8. The molecule has 138 valence electrons. The Kier molecular flexibility index (Phi) is 5.12. The number of carbonyl (C=O) groups is 2. The summed E-state index contributed by atoms with van der Waals surface area (Å²) in [7, 11) is 0. The molecule has 1 aliphatic heterocycles. The predicted molar refractivity (Wildman–Crippen MR) is 108 cm³/mol. The van der Waals surface area contributed by atoms with Crippen molar-refractivity contribution in [1.82, 2.24) is 0 Å². The Morgan fingerprint density at radius 2 is 1.85 bits per heavy atom. The second-order valence-corrected chi connectivity index (χ2v) is 6.88. The Morgan fingerprint density at radius 1 is 1.11 bits per heavy atom. The molecule has 5 heteroatoms. The summed E-state index contributed by atoms with van der Waals surface area (Å²) in [5, 5.41) is 5.60. The molecule has 0 fully saturated rings. The summed E-state index contributed by atoms with van der Waals surface area (Å²) in [6.45, 7) is 7.35. The van der Waals surface area contributed by atoms with Crippen molar-refractivity contribution in [3.63, 3.8) is 0 Å². The predicted octanol–water partition coefficient (Wildman–Crippen LogP) is 4.18. The summed E-state index contributed by atoms with van der Waals surface area (Å²) in [4.78, 5) is 23.8. The normalized spacial score (nSPS) is 13.9. The van der Waals surface area contributed by atoms with Crippen LogP contribution >= 0.6 is 0 Å². The molecule has 2 aromatic rings. The second-order valence-electron chi connectivity index (χ2n) is 6.88. The molecule has 0 atom stereocenters. The molecule has 2 aromatic carbocycles. The average Bonchev–Trinajstić information content (AvgIpc) is 2.63. The SMILES string of the molecule is C=CC(=O)Nc1ccc(CC(=O)Nc2cccc3c2OC(C)(C)C=C3)cc1. The van der Waals surface area contributed by atoms with Crippen LogP contribution in [-0.4, -0.2) is 17.4 Å². The quantitative estimate of drug-likeness (QED) is 0.784. The van der Waals surface area contributed by atoms with Crippen molar-refractivity contribution in [2.75, 3.05) is 10.6 Å². The molecule has 0 spiro atoms. The van der Waals surface area contributed by atoms with Crippen molar-refractivity contribution in [3.05, 3.63) is 72.3 Å². The molecular formula is C22H22N2O3. The fourth-order valence-electron chi connectivity index (χ4n) is 2.77. The lowest BCUT2D eigenvalue weighted by molar-refractivity contribution is -0.115. The van der Waals surface area contributed by atoms with Crippen molar-refractivity contribution >= 4 is 29.3 Å². The van der Waals surface area contributed by atoms with Gasteiger partial charge in [-0.05, 0) is 49.8 Å². The Balaban J connectivity index is 1.68. The lowest BCUT2D eigenvalue weighted by atomic mass is 10.0. The lowest BCUT2D eigenvalue weighted by Gasteiger charge is -2.29. The highest BCUT2D eigenvalue weighted by molar-refractivity contribution is 5.99. The van der Waals surface area contributed by atoms with E-state index in [0.29, 0.717) is 17.1 Å². The number of amides is 2. The van der Waals surface area contributed by atoms with Crippen LogP contribution in [0.5, 0.6) is 5.75 Å². The zero-order valence-corrected chi connectivity index (χ0v) is 15.4. The van der Waals surface area contributed by atoms with E-state index in [0.717, 1.165) is 11.1 Å². The van der Waals surface area contributed by atoms with Gasteiger partial charge in [-0.1, -0.05) is 36.9 Å². The number of benzene rings is 2. The standard InChI is InChI=1S/C22H22N2O3/c1-4-19(25)23-17-10-8-15(9-11-17)14-20(26)24-18-7-5-6-16-12-13-22(2,3)27-21(16)18/h4-13H,1,14H2,2-3H3,(H,23,25)(H,24,26). The van der Waals surface area contributed by atoms with Gasteiger partial charge in [0.25, 0.3) is 0 Å². The van der Waals surface area contributed by atoms with Gasteiger partial charge in [-0.3, -0.25) is 9.59 Å². The first-order chi connectivity index (χ1) is 12.9. The van der Waals surface area contributed by atoms with E-state index < -0.39 is 5.60 Å². The first-order valence-corrected chi connectivity index (χ1v) is 8.70. The van der Waals surface area contributed by atoms with Gasteiger partial charge in [0.1, 0.15) is 5.60 Å². The largest absolute Gasteiger partial charge is 0.481 e. The third-order valence-electron chi connectivity index (χ3n) is 4.12. The van der Waals surface area contributed by atoms with E-state index >= 15 is 0 Å². The molecule has 2 N–H and O–H groups in total. The van der Waals surface area contributed by atoms with E-state index in [1.807, 2.05) is 44.2 Å². The molecule has 1 aliphatic rings. The van der Waals surface area contributed by atoms with Crippen LogP contribution < -0.4 is 15.4 Å². The molecule has 0 unspecified atom stereocenters. The maximum atomic E-state index is 12.5. The number of para-hydroxylation sites is 1. The highest BCUT2D eigenvalue weighted by Crippen LogP contribution is 2.37. The highest BCUT2D eigenvalue weighted by atomic mass is 16.5. The second kappa shape index (κ2) is 7.50. The summed E-state index contributed by atoms with van der Waals surface area (Å²) in [6.07, 6.45) is 5.43. The van der Waals surface area contributed by atoms with Gasteiger partial charge >= 0.3 is 0 Å². The highest BCUT2D eigenvalue weighted by Gasteiger charge is 2.24. The van der Waals surface area contributed by atoms with Crippen LogP contribution in [0.4, 0.5) is 11.4 Å². The van der Waals surface area contributed by atoms with Crippen LogP contribution in [0, 0.1) is 0 Å². The molecule has 1 heterocycles. The third-order valence-corrected chi connectivity index (χ3v) is 4.12. The maximum absolute atomic E-state index is 12.5. The molecule has 27 heavy (non-hydrogen) atoms. The summed E-state index contributed by atoms with van der Waals surface area (Å²) >= 11 is 0. The molecule has 2 amide bonds. The van der Waals surface area contributed by atoms with Gasteiger partial charge in [-0.2, -0.15) is 0 Å². The number of anilines is 2. The fraction of sp³-hybridized carbons (Fsp3) is 0.182. The van der Waals surface area contributed by atoms with Crippen LogP contribution in [0.25, 0.3) is 6.08 Å². The molecule has 0 bridgehead atoms. The van der Waals surface area contributed by atoms with E-state index in [9.17, 15) is 9.59 Å². The zero-order chi connectivity index (χ0) is 19.4. The van der Waals surface area contributed by atoms with E-state index in [4.69, 9.17) is 4.74 Å². The van der Waals surface area contributed by atoms with Gasteiger partial charge in [-0.25, -0.2) is 0 Å². The third kappa shape index (κ3) is 4.64. The van der Waals surface area contributed by atoms with Crippen LogP contribution in [0.3, 0.4) is 0 Å². The monoisotopic (exact) mass is 362 g/mol. The van der Waals surface area contributed by atoms with Crippen molar-refractivity contribution in [2.24, 2.45) is 0 Å². The average molecular weight is 362 g/mol. The van der Waals surface area contributed by atoms with Gasteiger partial charge in [0.15, 0.2) is 5.75 Å². The van der Waals surface area contributed by atoms with Crippen LogP contribution in [0.2, 0.25) is 0 Å². The smallest absolute Gasteiger partial charge is 0.247 e. The Hall–Kier alpha value is -3.34. The zero-order valence-electron chi connectivity index (χ0n) is 15.4. The number of hydrogen-bond donors (Lipinski definition) is 2. The minimum Gasteiger partial charge on any atom is -0.481 e. The first-order valence-electron chi connectivity index (χ1n) is 8.70. The molecule has 0 radical (unpaired) electrons. The lowest BCUT2D eigenvalue weighted by Crippen LogP contribution is -2.28. The van der Waals surface area contributed by atoms with Crippen molar-refractivity contribution < 1.29 is 14.3 Å². The van der Waals surface area contributed by atoms with E-state index in [2.05, 4.69) is 17.2 Å². The van der Waals surface area contributed by atoms with E-state index in [1.165, 1.54) is 6.08 Å². The van der Waals surface area contributed by atoms with Gasteiger partial charge in [0, 0.05) is 11.3 Å². The van der Waals surface area contributed by atoms with E-state index in [1.54, 1.807) is 24.3 Å². The van der Waals surface area contributed by atoms with Crippen LogP contribution in [0.1, 0.15) is 25.0 Å². The molecule has 3 rings (SSSR count). The van der Waals surface area contributed by atoms with Crippen molar-refractivity contribution in [1.29, 1.82) is 0 Å². The molecule has 0 saturated carbocycles. The van der Waals surface area contributed by atoms with Gasteiger partial charge in [-0.15, -0.1) is 0 Å². The molecule has 0 aliphatic carbocycles. The Labute approximate surface area is 158 Å². The summed E-state index contributed by atoms with van der Waals surface area (Å²) in [5.41, 5.74) is 2.68. The molecule has 5 nitrogen and oxygen atoms in total. The van der Waals surface area contributed by atoms with Gasteiger partial charge in [0.05, 0.1) is 12.1 Å². The Morgan fingerprint density at radius 3 is 2.56 bits per heavy atom.